The van der Waals surface area contributed by atoms with Crippen LogP contribution < -0.4 is 0 Å². The van der Waals surface area contributed by atoms with Gasteiger partial charge < -0.3 is 4.90 Å². The van der Waals surface area contributed by atoms with Gasteiger partial charge in [-0.05, 0) is 29.7 Å². The van der Waals surface area contributed by atoms with E-state index in [0.29, 0.717) is 12.3 Å². The number of carbonyl (C=O) groups is 1. The molecular formula is C22H20N2OS. The molecule has 26 heavy (non-hydrogen) atoms. The van der Waals surface area contributed by atoms with Crippen molar-refractivity contribution in [3.63, 3.8) is 0 Å². The Morgan fingerprint density at radius 1 is 1.00 bits per heavy atom. The number of benzene rings is 2. The van der Waals surface area contributed by atoms with Crippen LogP contribution in [0.3, 0.4) is 0 Å². The highest BCUT2D eigenvalue weighted by molar-refractivity contribution is 7.99. The van der Waals surface area contributed by atoms with Crippen LogP contribution in [0.1, 0.15) is 12.0 Å². The minimum Gasteiger partial charge on any atom is -0.338 e. The third-order valence-electron chi connectivity index (χ3n) is 4.62. The van der Waals surface area contributed by atoms with Crippen LogP contribution in [-0.4, -0.2) is 34.6 Å². The van der Waals surface area contributed by atoms with Gasteiger partial charge in [0, 0.05) is 18.5 Å². The summed E-state index contributed by atoms with van der Waals surface area (Å²) < 4.78 is 0. The van der Waals surface area contributed by atoms with Crippen molar-refractivity contribution in [2.24, 2.45) is 0 Å². The lowest BCUT2D eigenvalue weighted by Gasteiger charge is -2.26. The van der Waals surface area contributed by atoms with Gasteiger partial charge in [0.05, 0.1) is 16.3 Å². The Morgan fingerprint density at radius 3 is 2.62 bits per heavy atom. The average molecular weight is 360 g/mol. The van der Waals surface area contributed by atoms with E-state index >= 15 is 0 Å². The number of amides is 1. The highest BCUT2D eigenvalue weighted by atomic mass is 32.2. The van der Waals surface area contributed by atoms with Crippen molar-refractivity contribution in [3.05, 3.63) is 78.4 Å². The van der Waals surface area contributed by atoms with Crippen LogP contribution in [0, 0.1) is 0 Å². The topological polar surface area (TPSA) is 33.2 Å². The van der Waals surface area contributed by atoms with Crippen molar-refractivity contribution in [3.8, 4) is 0 Å². The van der Waals surface area contributed by atoms with Crippen LogP contribution in [0.4, 0.5) is 0 Å². The summed E-state index contributed by atoms with van der Waals surface area (Å²) in [6.07, 6.45) is 3.09. The molecule has 1 aliphatic heterocycles. The second-order valence-electron chi connectivity index (χ2n) is 6.32. The highest BCUT2D eigenvalue weighted by Gasteiger charge is 2.18. The van der Waals surface area contributed by atoms with Crippen molar-refractivity contribution in [2.75, 3.05) is 18.8 Å². The number of hydrogen-bond acceptors (Lipinski definition) is 3. The van der Waals surface area contributed by atoms with E-state index in [4.69, 9.17) is 0 Å². The molecule has 0 N–H and O–H groups in total. The fourth-order valence-corrected chi connectivity index (χ4v) is 3.95. The van der Waals surface area contributed by atoms with Crippen molar-refractivity contribution in [2.45, 2.75) is 11.4 Å². The summed E-state index contributed by atoms with van der Waals surface area (Å²) in [6, 6.07) is 22.5. The SMILES string of the molecule is O=C(CSc1ccc2ccccc2n1)N1CC=C(c2ccccc2)CC1. The molecule has 1 aliphatic rings. The molecule has 0 spiro atoms. The molecule has 0 saturated carbocycles. The first-order valence-electron chi connectivity index (χ1n) is 8.80. The number of hydrogen-bond donors (Lipinski definition) is 0. The maximum Gasteiger partial charge on any atom is 0.233 e. The van der Waals surface area contributed by atoms with Crippen LogP contribution in [0.15, 0.2) is 77.8 Å². The molecule has 4 heteroatoms. The molecule has 130 valence electrons. The number of carbonyl (C=O) groups excluding carboxylic acids is 1. The molecule has 0 fully saturated rings. The summed E-state index contributed by atoms with van der Waals surface area (Å²) in [5.41, 5.74) is 3.56. The van der Waals surface area contributed by atoms with Crippen molar-refractivity contribution in [1.82, 2.24) is 9.88 Å². The van der Waals surface area contributed by atoms with Crippen LogP contribution in [-0.2, 0) is 4.79 Å². The second-order valence-corrected chi connectivity index (χ2v) is 7.31. The lowest BCUT2D eigenvalue weighted by Crippen LogP contribution is -2.35. The monoisotopic (exact) mass is 360 g/mol. The quantitative estimate of drug-likeness (QED) is 0.635. The number of thioether (sulfide) groups is 1. The summed E-state index contributed by atoms with van der Waals surface area (Å²) in [7, 11) is 0. The third-order valence-corrected chi connectivity index (χ3v) is 5.54. The minimum absolute atomic E-state index is 0.174. The van der Waals surface area contributed by atoms with E-state index in [1.54, 1.807) is 0 Å². The van der Waals surface area contributed by atoms with Gasteiger partial charge in [0.25, 0.3) is 0 Å². The van der Waals surface area contributed by atoms with Crippen molar-refractivity contribution >= 4 is 34.1 Å². The molecule has 2 aromatic carbocycles. The van der Waals surface area contributed by atoms with E-state index in [9.17, 15) is 4.79 Å². The molecular weight excluding hydrogens is 340 g/mol. The van der Waals surface area contributed by atoms with E-state index < -0.39 is 0 Å². The molecule has 1 aromatic heterocycles. The number of para-hydroxylation sites is 1. The third kappa shape index (κ3) is 3.81. The van der Waals surface area contributed by atoms with Gasteiger partial charge in [-0.1, -0.05) is 72.4 Å². The molecule has 0 bridgehead atoms. The van der Waals surface area contributed by atoms with Crippen LogP contribution in [0.5, 0.6) is 0 Å². The van der Waals surface area contributed by atoms with Gasteiger partial charge in [-0.3, -0.25) is 4.79 Å². The maximum atomic E-state index is 12.5. The van der Waals surface area contributed by atoms with Gasteiger partial charge in [-0.2, -0.15) is 0 Å². The van der Waals surface area contributed by atoms with Crippen LogP contribution in [0.25, 0.3) is 16.5 Å². The number of aromatic nitrogens is 1. The van der Waals surface area contributed by atoms with E-state index in [1.165, 1.54) is 22.9 Å². The number of fused-ring (bicyclic) bond motifs is 1. The number of rotatable bonds is 4. The Kier molecular flexibility index (Phi) is 5.02. The van der Waals surface area contributed by atoms with Gasteiger partial charge in [0.2, 0.25) is 5.91 Å². The fourth-order valence-electron chi connectivity index (χ4n) is 3.16. The zero-order valence-electron chi connectivity index (χ0n) is 14.5. The standard InChI is InChI=1S/C22H20N2OS/c25-22(16-26-21-11-10-19-8-4-5-9-20(19)23-21)24-14-12-18(13-15-24)17-6-2-1-3-7-17/h1-12H,13-16H2. The summed E-state index contributed by atoms with van der Waals surface area (Å²) in [5.74, 6) is 0.605. The van der Waals surface area contributed by atoms with Crippen LogP contribution in [0.2, 0.25) is 0 Å². The molecule has 3 nitrogen and oxygen atoms in total. The Labute approximate surface area is 157 Å². The van der Waals surface area contributed by atoms with Crippen LogP contribution >= 0.6 is 11.8 Å². The maximum absolute atomic E-state index is 12.5. The van der Waals surface area contributed by atoms with Crippen molar-refractivity contribution < 1.29 is 4.79 Å². The van der Waals surface area contributed by atoms with E-state index in [1.807, 2.05) is 41.3 Å². The van der Waals surface area contributed by atoms with Gasteiger partial charge in [-0.25, -0.2) is 4.98 Å². The van der Waals surface area contributed by atoms with E-state index in [2.05, 4.69) is 41.4 Å². The Hall–Kier alpha value is -2.59. The molecule has 4 rings (SSSR count). The van der Waals surface area contributed by atoms with Gasteiger partial charge in [-0.15, -0.1) is 0 Å². The minimum atomic E-state index is 0.174. The molecule has 0 atom stereocenters. The van der Waals surface area contributed by atoms with E-state index in [-0.39, 0.29) is 5.91 Å². The number of nitrogens with zero attached hydrogens (tertiary/aromatic N) is 2. The summed E-state index contributed by atoms with van der Waals surface area (Å²) in [4.78, 5) is 19.1. The summed E-state index contributed by atoms with van der Waals surface area (Å²) in [6.45, 7) is 1.47. The van der Waals surface area contributed by atoms with Gasteiger partial charge in [0.15, 0.2) is 0 Å². The Morgan fingerprint density at radius 2 is 1.81 bits per heavy atom. The zero-order chi connectivity index (χ0) is 17.8. The molecule has 0 radical (unpaired) electrons. The summed E-state index contributed by atoms with van der Waals surface area (Å²) >= 11 is 1.51. The summed E-state index contributed by atoms with van der Waals surface area (Å²) in [5, 5.41) is 2.02. The Balaban J connectivity index is 1.36. The average Bonchev–Trinajstić information content (AvgIpc) is 2.72. The first-order valence-corrected chi connectivity index (χ1v) is 9.79. The molecule has 0 saturated heterocycles. The second kappa shape index (κ2) is 7.75. The highest BCUT2D eigenvalue weighted by Crippen LogP contribution is 2.24. The number of pyridine rings is 1. The first-order chi connectivity index (χ1) is 12.8. The predicted molar refractivity (Wildman–Crippen MR) is 108 cm³/mol. The molecule has 2 heterocycles. The molecule has 3 aromatic rings. The predicted octanol–water partition coefficient (Wildman–Crippen LogP) is 4.64. The molecule has 0 unspecified atom stereocenters. The Bertz CT molecular complexity index is 953. The fraction of sp³-hybridized carbons (Fsp3) is 0.182. The zero-order valence-corrected chi connectivity index (χ0v) is 15.3. The molecule has 0 aliphatic carbocycles. The van der Waals surface area contributed by atoms with Gasteiger partial charge in [0.1, 0.15) is 0 Å². The lowest BCUT2D eigenvalue weighted by atomic mass is 10.00. The van der Waals surface area contributed by atoms with Crippen molar-refractivity contribution in [1.29, 1.82) is 0 Å². The lowest BCUT2D eigenvalue weighted by molar-refractivity contribution is -0.127. The normalized spacial score (nSPS) is 14.3. The van der Waals surface area contributed by atoms with E-state index in [0.717, 1.165) is 28.9 Å². The smallest absolute Gasteiger partial charge is 0.233 e. The largest absolute Gasteiger partial charge is 0.338 e. The molecule has 1 amide bonds. The first kappa shape index (κ1) is 16.9. The van der Waals surface area contributed by atoms with Gasteiger partial charge >= 0.3 is 0 Å².